The van der Waals surface area contributed by atoms with Crippen LogP contribution in [0.25, 0.3) is 0 Å². The predicted molar refractivity (Wildman–Crippen MR) is 33.4 cm³/mol. The Bertz CT molecular complexity index is 137. The summed E-state index contributed by atoms with van der Waals surface area (Å²) in [5.74, 6) is -1.70. The van der Waals surface area contributed by atoms with Gasteiger partial charge in [-0.05, 0) is 0 Å². The average molecular weight is 165 g/mol. The number of carboxylic acid groups (broad SMARTS) is 1. The summed E-state index contributed by atoms with van der Waals surface area (Å²) in [6, 6.07) is 0. The fourth-order valence-corrected chi connectivity index (χ4v) is 0.446. The van der Waals surface area contributed by atoms with E-state index in [1.54, 1.807) is 0 Å². The summed E-state index contributed by atoms with van der Waals surface area (Å²) in [5, 5.41) is 12.0. The normalized spacial score (nSPS) is 8.90. The molecule has 0 atom stereocenters. The standard InChI is InChI=1S/C5H8ClNO3/c6-3-4(8)7-2-1-5(9)10/h1-3H2,(H,7,8)(H,9,10)/p-1. The summed E-state index contributed by atoms with van der Waals surface area (Å²) in [4.78, 5) is 20.1. The van der Waals surface area contributed by atoms with E-state index >= 15 is 0 Å². The predicted octanol–water partition coefficient (Wildman–Crippen LogP) is -1.52. The molecule has 0 aliphatic rings. The third kappa shape index (κ3) is 5.37. The van der Waals surface area contributed by atoms with Crippen molar-refractivity contribution in [3.8, 4) is 0 Å². The molecule has 0 aliphatic carbocycles. The van der Waals surface area contributed by atoms with Crippen molar-refractivity contribution in [2.45, 2.75) is 6.42 Å². The van der Waals surface area contributed by atoms with Crippen molar-refractivity contribution in [1.29, 1.82) is 0 Å². The molecule has 0 rings (SSSR count). The van der Waals surface area contributed by atoms with E-state index in [4.69, 9.17) is 11.6 Å². The lowest BCUT2D eigenvalue weighted by molar-refractivity contribution is -0.305. The van der Waals surface area contributed by atoms with Crippen LogP contribution in [-0.2, 0) is 9.59 Å². The van der Waals surface area contributed by atoms with Gasteiger partial charge >= 0.3 is 0 Å². The molecular formula is C5H7ClNO3-. The van der Waals surface area contributed by atoms with Crippen molar-refractivity contribution >= 4 is 23.5 Å². The van der Waals surface area contributed by atoms with Gasteiger partial charge in [0, 0.05) is 18.9 Å². The number of hydrogen-bond acceptors (Lipinski definition) is 3. The zero-order valence-electron chi connectivity index (χ0n) is 5.22. The zero-order valence-corrected chi connectivity index (χ0v) is 5.98. The molecule has 0 aromatic heterocycles. The Hall–Kier alpha value is -0.770. The summed E-state index contributed by atoms with van der Waals surface area (Å²) in [7, 11) is 0. The number of rotatable bonds is 4. The first kappa shape index (κ1) is 9.23. The van der Waals surface area contributed by atoms with Gasteiger partial charge in [0.05, 0.1) is 0 Å². The van der Waals surface area contributed by atoms with E-state index in [1.807, 2.05) is 0 Å². The molecule has 1 amide bonds. The minimum Gasteiger partial charge on any atom is -0.550 e. The number of hydrogen-bond donors (Lipinski definition) is 1. The molecule has 4 nitrogen and oxygen atoms in total. The summed E-state index contributed by atoms with van der Waals surface area (Å²) >= 11 is 5.09. The Kier molecular flexibility index (Phi) is 4.66. The van der Waals surface area contributed by atoms with Crippen molar-refractivity contribution in [2.24, 2.45) is 0 Å². The Morgan fingerprint density at radius 1 is 1.50 bits per heavy atom. The zero-order chi connectivity index (χ0) is 7.98. The first-order valence-corrected chi connectivity index (χ1v) is 3.22. The van der Waals surface area contributed by atoms with Gasteiger partial charge in [-0.1, -0.05) is 0 Å². The minimum atomic E-state index is -1.19. The van der Waals surface area contributed by atoms with Gasteiger partial charge in [-0.15, -0.1) is 11.6 Å². The van der Waals surface area contributed by atoms with Gasteiger partial charge in [-0.3, -0.25) is 4.79 Å². The Balaban J connectivity index is 3.20. The van der Waals surface area contributed by atoms with Gasteiger partial charge < -0.3 is 15.2 Å². The Labute approximate surface area is 63.2 Å². The highest BCUT2D eigenvalue weighted by atomic mass is 35.5. The third-order valence-corrected chi connectivity index (χ3v) is 1.02. The quantitative estimate of drug-likeness (QED) is 0.514. The van der Waals surface area contributed by atoms with Crippen LogP contribution in [0.1, 0.15) is 6.42 Å². The highest BCUT2D eigenvalue weighted by Crippen LogP contribution is 1.76. The summed E-state index contributed by atoms with van der Waals surface area (Å²) in [6.45, 7) is 0.0773. The van der Waals surface area contributed by atoms with Crippen LogP contribution >= 0.6 is 11.6 Å². The van der Waals surface area contributed by atoms with Crippen molar-refractivity contribution in [3.63, 3.8) is 0 Å². The third-order valence-electron chi connectivity index (χ3n) is 0.773. The van der Waals surface area contributed by atoms with Crippen LogP contribution in [0.2, 0.25) is 0 Å². The van der Waals surface area contributed by atoms with Crippen LogP contribution in [-0.4, -0.2) is 24.3 Å². The first-order valence-electron chi connectivity index (χ1n) is 2.69. The number of amides is 1. The van der Waals surface area contributed by atoms with Crippen molar-refractivity contribution < 1.29 is 14.7 Å². The molecule has 0 fully saturated rings. The molecular weight excluding hydrogens is 158 g/mol. The van der Waals surface area contributed by atoms with E-state index in [1.165, 1.54) is 0 Å². The maximum Gasteiger partial charge on any atom is 0.234 e. The fourth-order valence-electron chi connectivity index (χ4n) is 0.351. The molecule has 0 radical (unpaired) electrons. The molecule has 0 saturated heterocycles. The highest BCUT2D eigenvalue weighted by molar-refractivity contribution is 6.27. The van der Waals surface area contributed by atoms with Crippen molar-refractivity contribution in [1.82, 2.24) is 5.32 Å². The molecule has 0 aromatic carbocycles. The maximum atomic E-state index is 10.3. The molecule has 10 heavy (non-hydrogen) atoms. The van der Waals surface area contributed by atoms with E-state index in [-0.39, 0.29) is 24.8 Å². The molecule has 58 valence electrons. The lowest BCUT2D eigenvalue weighted by Gasteiger charge is -2.02. The molecule has 0 aliphatic heterocycles. The number of carbonyl (C=O) groups excluding carboxylic acids is 2. The SMILES string of the molecule is O=C([O-])CCNC(=O)CCl. The second-order valence-corrected chi connectivity index (χ2v) is 1.87. The molecule has 0 spiro atoms. The monoisotopic (exact) mass is 164 g/mol. The second kappa shape index (κ2) is 5.05. The molecule has 0 aromatic rings. The lowest BCUT2D eigenvalue weighted by atomic mass is 10.4. The Morgan fingerprint density at radius 2 is 2.10 bits per heavy atom. The minimum absolute atomic E-state index is 0.0773. The van der Waals surface area contributed by atoms with Crippen LogP contribution < -0.4 is 10.4 Å². The van der Waals surface area contributed by atoms with E-state index in [0.29, 0.717) is 0 Å². The number of aliphatic carboxylic acids is 1. The summed E-state index contributed by atoms with van der Waals surface area (Å²) in [5.41, 5.74) is 0. The number of carboxylic acids is 1. The van der Waals surface area contributed by atoms with E-state index in [2.05, 4.69) is 5.32 Å². The fraction of sp³-hybridized carbons (Fsp3) is 0.600. The van der Waals surface area contributed by atoms with Crippen LogP contribution in [0.4, 0.5) is 0 Å². The van der Waals surface area contributed by atoms with Gasteiger partial charge in [0.2, 0.25) is 5.91 Å². The van der Waals surface area contributed by atoms with Crippen LogP contribution in [0, 0.1) is 0 Å². The lowest BCUT2D eigenvalue weighted by Crippen LogP contribution is -2.31. The smallest absolute Gasteiger partial charge is 0.234 e. The summed E-state index contributed by atoms with van der Waals surface area (Å²) in [6.07, 6.45) is -0.178. The van der Waals surface area contributed by atoms with Gasteiger partial charge in [0.1, 0.15) is 5.88 Å². The Morgan fingerprint density at radius 3 is 2.50 bits per heavy atom. The molecule has 1 N–H and O–H groups in total. The van der Waals surface area contributed by atoms with Crippen LogP contribution in [0.15, 0.2) is 0 Å². The molecule has 0 heterocycles. The van der Waals surface area contributed by atoms with E-state index < -0.39 is 5.97 Å². The van der Waals surface area contributed by atoms with Crippen molar-refractivity contribution in [2.75, 3.05) is 12.4 Å². The van der Waals surface area contributed by atoms with Gasteiger partial charge in [-0.25, -0.2) is 0 Å². The van der Waals surface area contributed by atoms with E-state index in [0.717, 1.165) is 0 Å². The van der Waals surface area contributed by atoms with Gasteiger partial charge in [0.15, 0.2) is 0 Å². The van der Waals surface area contributed by atoms with Crippen LogP contribution in [0.3, 0.4) is 0 Å². The maximum absolute atomic E-state index is 10.3. The molecule has 0 unspecified atom stereocenters. The summed E-state index contributed by atoms with van der Waals surface area (Å²) < 4.78 is 0. The second-order valence-electron chi connectivity index (χ2n) is 1.61. The number of halogens is 1. The van der Waals surface area contributed by atoms with Gasteiger partial charge in [-0.2, -0.15) is 0 Å². The van der Waals surface area contributed by atoms with E-state index in [9.17, 15) is 14.7 Å². The topological polar surface area (TPSA) is 69.2 Å². The number of nitrogens with one attached hydrogen (secondary N) is 1. The number of carbonyl (C=O) groups is 2. The molecule has 5 heteroatoms. The largest absolute Gasteiger partial charge is 0.550 e. The average Bonchev–Trinajstić information content (AvgIpc) is 1.87. The highest BCUT2D eigenvalue weighted by Gasteiger charge is 1.95. The number of alkyl halides is 1. The first-order chi connectivity index (χ1) is 4.66. The van der Waals surface area contributed by atoms with Crippen molar-refractivity contribution in [3.05, 3.63) is 0 Å². The van der Waals surface area contributed by atoms with Crippen LogP contribution in [0.5, 0.6) is 0 Å². The molecule has 0 bridgehead atoms. The van der Waals surface area contributed by atoms with Gasteiger partial charge in [0.25, 0.3) is 0 Å². The molecule has 0 saturated carbocycles.